The molecule has 0 radical (unpaired) electrons. The molecule has 1 aliphatic carbocycles. The van der Waals surface area contributed by atoms with Gasteiger partial charge in [0.05, 0.1) is 0 Å². The predicted molar refractivity (Wildman–Crippen MR) is 64.3 cm³/mol. The highest BCUT2D eigenvalue weighted by Crippen LogP contribution is 2.32. The molecule has 0 amide bonds. The van der Waals surface area contributed by atoms with Crippen LogP contribution < -0.4 is 5.32 Å². The van der Waals surface area contributed by atoms with Crippen LogP contribution >= 0.6 is 0 Å². The van der Waals surface area contributed by atoms with Gasteiger partial charge < -0.3 is 9.88 Å². The normalized spacial score (nSPS) is 18.0. The summed E-state index contributed by atoms with van der Waals surface area (Å²) in [5, 5.41) is 11.7. The number of rotatable bonds is 6. The molecule has 16 heavy (non-hydrogen) atoms. The van der Waals surface area contributed by atoms with Crippen LogP contribution in [0.5, 0.6) is 0 Å². The predicted octanol–water partition coefficient (Wildman–Crippen LogP) is 1.79. The molecule has 1 fully saturated rings. The van der Waals surface area contributed by atoms with Crippen LogP contribution in [0.2, 0.25) is 0 Å². The molecule has 1 unspecified atom stereocenters. The Labute approximate surface area is 97.5 Å². The lowest BCUT2D eigenvalue weighted by Crippen LogP contribution is -2.30. The van der Waals surface area contributed by atoms with E-state index in [1.54, 1.807) is 0 Å². The lowest BCUT2D eigenvalue weighted by atomic mass is 10.2. The van der Waals surface area contributed by atoms with Gasteiger partial charge in [-0.05, 0) is 39.5 Å². The Hall–Kier alpha value is -0.900. The molecule has 1 atom stereocenters. The standard InChI is InChI=1S/C12H22N4/c1-9(2)16-8-14-15-12(16)6-7-13-10(3)11-4-5-11/h8-11,13H,4-7H2,1-3H3. The highest BCUT2D eigenvalue weighted by atomic mass is 15.3. The number of hydrogen-bond donors (Lipinski definition) is 1. The van der Waals surface area contributed by atoms with Gasteiger partial charge in [-0.3, -0.25) is 0 Å². The van der Waals surface area contributed by atoms with Crippen molar-refractivity contribution in [1.29, 1.82) is 0 Å². The molecule has 0 aromatic carbocycles. The van der Waals surface area contributed by atoms with Crippen LogP contribution in [0.25, 0.3) is 0 Å². The largest absolute Gasteiger partial charge is 0.315 e. The van der Waals surface area contributed by atoms with Crippen molar-refractivity contribution in [3.05, 3.63) is 12.2 Å². The first-order valence-corrected chi connectivity index (χ1v) is 6.30. The smallest absolute Gasteiger partial charge is 0.134 e. The maximum Gasteiger partial charge on any atom is 0.134 e. The zero-order valence-corrected chi connectivity index (χ0v) is 10.5. The number of aromatic nitrogens is 3. The Morgan fingerprint density at radius 2 is 2.19 bits per heavy atom. The molecule has 1 saturated carbocycles. The maximum atomic E-state index is 4.17. The van der Waals surface area contributed by atoms with E-state index in [0.29, 0.717) is 12.1 Å². The van der Waals surface area contributed by atoms with E-state index in [9.17, 15) is 0 Å². The third-order valence-electron chi connectivity index (χ3n) is 3.35. The molecule has 1 heterocycles. The summed E-state index contributed by atoms with van der Waals surface area (Å²) < 4.78 is 2.14. The second-order valence-corrected chi connectivity index (χ2v) is 5.08. The fourth-order valence-corrected chi connectivity index (χ4v) is 2.05. The minimum Gasteiger partial charge on any atom is -0.315 e. The minimum absolute atomic E-state index is 0.450. The van der Waals surface area contributed by atoms with E-state index in [-0.39, 0.29) is 0 Å². The first-order chi connectivity index (χ1) is 7.68. The second-order valence-electron chi connectivity index (χ2n) is 5.08. The first-order valence-electron chi connectivity index (χ1n) is 6.30. The van der Waals surface area contributed by atoms with E-state index < -0.39 is 0 Å². The van der Waals surface area contributed by atoms with Crippen LogP contribution in [0.1, 0.15) is 45.5 Å². The van der Waals surface area contributed by atoms with E-state index in [1.165, 1.54) is 12.8 Å². The molecule has 90 valence electrons. The first kappa shape index (κ1) is 11.6. The van der Waals surface area contributed by atoms with Gasteiger partial charge in [0.25, 0.3) is 0 Å². The molecular formula is C12H22N4. The molecule has 1 aromatic heterocycles. The summed E-state index contributed by atoms with van der Waals surface area (Å²) in [4.78, 5) is 0. The van der Waals surface area contributed by atoms with E-state index in [2.05, 4.69) is 40.9 Å². The van der Waals surface area contributed by atoms with Crippen molar-refractivity contribution in [3.8, 4) is 0 Å². The Kier molecular flexibility index (Phi) is 3.59. The molecule has 0 aliphatic heterocycles. The summed E-state index contributed by atoms with van der Waals surface area (Å²) in [5.41, 5.74) is 0. The van der Waals surface area contributed by atoms with Crippen molar-refractivity contribution in [2.24, 2.45) is 5.92 Å². The van der Waals surface area contributed by atoms with Gasteiger partial charge in [0.15, 0.2) is 0 Å². The second kappa shape index (κ2) is 4.95. The highest BCUT2D eigenvalue weighted by molar-refractivity contribution is 4.90. The molecule has 1 N–H and O–H groups in total. The van der Waals surface area contributed by atoms with E-state index in [0.717, 1.165) is 24.7 Å². The zero-order chi connectivity index (χ0) is 11.5. The fraction of sp³-hybridized carbons (Fsp3) is 0.833. The van der Waals surface area contributed by atoms with Crippen molar-refractivity contribution >= 4 is 0 Å². The van der Waals surface area contributed by atoms with E-state index in [4.69, 9.17) is 0 Å². The topological polar surface area (TPSA) is 42.7 Å². The Balaban J connectivity index is 1.77. The van der Waals surface area contributed by atoms with Crippen molar-refractivity contribution in [2.45, 2.75) is 52.1 Å². The summed E-state index contributed by atoms with van der Waals surface area (Å²) in [6, 6.07) is 1.11. The van der Waals surface area contributed by atoms with Crippen molar-refractivity contribution < 1.29 is 0 Å². The van der Waals surface area contributed by atoms with Gasteiger partial charge in [-0.2, -0.15) is 0 Å². The Morgan fingerprint density at radius 3 is 2.81 bits per heavy atom. The highest BCUT2D eigenvalue weighted by Gasteiger charge is 2.27. The monoisotopic (exact) mass is 222 g/mol. The summed E-state index contributed by atoms with van der Waals surface area (Å²) in [5.74, 6) is 2.01. The molecule has 0 bridgehead atoms. The number of nitrogens with one attached hydrogen (secondary N) is 1. The van der Waals surface area contributed by atoms with Crippen LogP contribution in [-0.4, -0.2) is 27.4 Å². The van der Waals surface area contributed by atoms with E-state index >= 15 is 0 Å². The lowest BCUT2D eigenvalue weighted by Gasteiger charge is -2.13. The van der Waals surface area contributed by atoms with Gasteiger partial charge in [0.2, 0.25) is 0 Å². The van der Waals surface area contributed by atoms with Gasteiger partial charge in [-0.25, -0.2) is 0 Å². The third kappa shape index (κ3) is 2.82. The molecule has 1 aliphatic rings. The molecule has 4 nitrogen and oxygen atoms in total. The van der Waals surface area contributed by atoms with Gasteiger partial charge in [0.1, 0.15) is 12.2 Å². The Morgan fingerprint density at radius 1 is 1.44 bits per heavy atom. The van der Waals surface area contributed by atoms with Crippen LogP contribution in [0.4, 0.5) is 0 Å². The number of nitrogens with zero attached hydrogens (tertiary/aromatic N) is 3. The van der Waals surface area contributed by atoms with Crippen LogP contribution in [0.15, 0.2) is 6.33 Å². The summed E-state index contributed by atoms with van der Waals surface area (Å²) in [7, 11) is 0. The average Bonchev–Trinajstić information content (AvgIpc) is 2.98. The summed E-state index contributed by atoms with van der Waals surface area (Å²) in [6.45, 7) is 7.61. The molecule has 1 aromatic rings. The van der Waals surface area contributed by atoms with Crippen molar-refractivity contribution in [1.82, 2.24) is 20.1 Å². The zero-order valence-electron chi connectivity index (χ0n) is 10.5. The van der Waals surface area contributed by atoms with Gasteiger partial charge in [-0.15, -0.1) is 10.2 Å². The van der Waals surface area contributed by atoms with E-state index in [1.807, 2.05) is 6.33 Å². The summed E-state index contributed by atoms with van der Waals surface area (Å²) in [6.07, 6.45) is 5.59. The molecule has 0 spiro atoms. The lowest BCUT2D eigenvalue weighted by molar-refractivity contribution is 0.486. The van der Waals surface area contributed by atoms with Crippen LogP contribution in [0.3, 0.4) is 0 Å². The SMILES string of the molecule is CC(NCCc1nncn1C(C)C)C1CC1. The molecule has 2 rings (SSSR count). The average molecular weight is 222 g/mol. The summed E-state index contributed by atoms with van der Waals surface area (Å²) >= 11 is 0. The maximum absolute atomic E-state index is 4.17. The van der Waals surface area contributed by atoms with Crippen LogP contribution in [0, 0.1) is 5.92 Å². The van der Waals surface area contributed by atoms with Gasteiger partial charge in [0, 0.05) is 25.0 Å². The van der Waals surface area contributed by atoms with Gasteiger partial charge >= 0.3 is 0 Å². The minimum atomic E-state index is 0.450. The molecule has 4 heteroatoms. The third-order valence-corrected chi connectivity index (χ3v) is 3.35. The molecule has 0 saturated heterocycles. The quantitative estimate of drug-likeness (QED) is 0.798. The van der Waals surface area contributed by atoms with Crippen LogP contribution in [-0.2, 0) is 6.42 Å². The number of hydrogen-bond acceptors (Lipinski definition) is 3. The Bertz CT molecular complexity index is 328. The fourth-order valence-electron chi connectivity index (χ4n) is 2.05. The molecular weight excluding hydrogens is 200 g/mol. The van der Waals surface area contributed by atoms with Crippen molar-refractivity contribution in [2.75, 3.05) is 6.54 Å². The van der Waals surface area contributed by atoms with Crippen molar-refractivity contribution in [3.63, 3.8) is 0 Å². The van der Waals surface area contributed by atoms with Gasteiger partial charge in [-0.1, -0.05) is 0 Å².